The molecule has 0 aliphatic carbocycles. The number of fused-ring (bicyclic) bond motifs is 1. The minimum Gasteiger partial charge on any atom is -0.493 e. The summed E-state index contributed by atoms with van der Waals surface area (Å²) < 4.78 is 5.84. The van der Waals surface area contributed by atoms with Crippen LogP contribution in [0, 0.1) is 11.8 Å². The van der Waals surface area contributed by atoms with Crippen molar-refractivity contribution in [2.45, 2.75) is 32.7 Å². The quantitative estimate of drug-likeness (QED) is 0.921. The zero-order valence-electron chi connectivity index (χ0n) is 13.3. The third-order valence-corrected chi connectivity index (χ3v) is 5.11. The number of nitrogens with one attached hydrogen (secondary N) is 1. The van der Waals surface area contributed by atoms with Crippen LogP contribution in [0.15, 0.2) is 24.3 Å². The van der Waals surface area contributed by atoms with Crippen LogP contribution in [0.3, 0.4) is 0 Å². The van der Waals surface area contributed by atoms with Gasteiger partial charge in [0.1, 0.15) is 5.75 Å². The Morgan fingerprint density at radius 1 is 1.24 bits per heavy atom. The topological polar surface area (TPSA) is 24.5 Å². The van der Waals surface area contributed by atoms with E-state index in [1.807, 2.05) is 0 Å². The van der Waals surface area contributed by atoms with Crippen molar-refractivity contribution in [3.63, 3.8) is 0 Å². The van der Waals surface area contributed by atoms with Crippen molar-refractivity contribution in [3.05, 3.63) is 29.8 Å². The van der Waals surface area contributed by atoms with Crippen molar-refractivity contribution in [2.24, 2.45) is 11.8 Å². The fourth-order valence-corrected chi connectivity index (χ4v) is 3.60. The molecule has 3 nitrogen and oxygen atoms in total. The normalized spacial score (nSPS) is 27.1. The summed E-state index contributed by atoms with van der Waals surface area (Å²) in [5, 5.41) is 3.83. The van der Waals surface area contributed by atoms with Gasteiger partial charge in [-0.25, -0.2) is 0 Å². The summed E-state index contributed by atoms with van der Waals surface area (Å²) in [6.45, 7) is 10.2. The van der Waals surface area contributed by atoms with Crippen molar-refractivity contribution in [1.82, 2.24) is 10.2 Å². The number of piperidine rings is 1. The molecule has 2 heterocycles. The Morgan fingerprint density at radius 3 is 2.76 bits per heavy atom. The molecule has 3 heteroatoms. The Hall–Kier alpha value is -1.06. The molecule has 0 bridgehead atoms. The van der Waals surface area contributed by atoms with Gasteiger partial charge in [-0.15, -0.1) is 0 Å². The van der Waals surface area contributed by atoms with Crippen molar-refractivity contribution < 1.29 is 4.74 Å². The molecule has 1 aromatic rings. The second-order valence-electron chi connectivity index (χ2n) is 6.59. The monoisotopic (exact) mass is 288 g/mol. The Bertz CT molecular complexity index is 454. The van der Waals surface area contributed by atoms with E-state index in [1.165, 1.54) is 38.0 Å². The van der Waals surface area contributed by atoms with E-state index < -0.39 is 0 Å². The second kappa shape index (κ2) is 6.80. The molecule has 2 aliphatic heterocycles. The number of ether oxygens (including phenoxy) is 1. The van der Waals surface area contributed by atoms with E-state index in [1.54, 1.807) is 0 Å². The lowest BCUT2D eigenvalue weighted by Crippen LogP contribution is -2.40. The van der Waals surface area contributed by atoms with E-state index in [9.17, 15) is 0 Å². The summed E-state index contributed by atoms with van der Waals surface area (Å²) >= 11 is 0. The lowest BCUT2D eigenvalue weighted by atomic mass is 9.90. The Kier molecular flexibility index (Phi) is 4.81. The van der Waals surface area contributed by atoms with Gasteiger partial charge in [-0.05, 0) is 51.0 Å². The molecular formula is C18H28N2O. The first-order valence-electron chi connectivity index (χ1n) is 8.45. The summed E-state index contributed by atoms with van der Waals surface area (Å²) in [5.74, 6) is 2.43. The van der Waals surface area contributed by atoms with Crippen molar-refractivity contribution >= 4 is 0 Å². The molecule has 2 aliphatic rings. The standard InChI is InChI=1S/C18H28N2O/c1-3-20-10-8-15(9-11-20)12-19-18-14(2)13-21-17-7-5-4-6-16(17)18/h4-7,14-15,18-19H,3,8-13H2,1-2H3. The minimum atomic E-state index is 0.444. The Morgan fingerprint density at radius 2 is 2.00 bits per heavy atom. The summed E-state index contributed by atoms with van der Waals surface area (Å²) in [6.07, 6.45) is 2.67. The molecule has 0 aromatic heterocycles. The van der Waals surface area contributed by atoms with Gasteiger partial charge in [-0.3, -0.25) is 0 Å². The number of benzene rings is 1. The third-order valence-electron chi connectivity index (χ3n) is 5.11. The van der Waals surface area contributed by atoms with Gasteiger partial charge in [0.15, 0.2) is 0 Å². The minimum absolute atomic E-state index is 0.444. The van der Waals surface area contributed by atoms with Crippen molar-refractivity contribution in [1.29, 1.82) is 0 Å². The van der Waals surface area contributed by atoms with Gasteiger partial charge in [0.25, 0.3) is 0 Å². The Labute approximate surface area is 128 Å². The maximum atomic E-state index is 5.84. The highest BCUT2D eigenvalue weighted by Crippen LogP contribution is 2.35. The summed E-state index contributed by atoms with van der Waals surface area (Å²) in [7, 11) is 0. The van der Waals surface area contributed by atoms with Gasteiger partial charge in [0.2, 0.25) is 0 Å². The smallest absolute Gasteiger partial charge is 0.124 e. The van der Waals surface area contributed by atoms with Gasteiger partial charge < -0.3 is 15.0 Å². The van der Waals surface area contributed by atoms with Gasteiger partial charge in [0, 0.05) is 17.5 Å². The fourth-order valence-electron chi connectivity index (χ4n) is 3.60. The molecule has 1 aromatic carbocycles. The van der Waals surface area contributed by atoms with Gasteiger partial charge >= 0.3 is 0 Å². The predicted octanol–water partition coefficient (Wildman–Crippen LogP) is 3.08. The zero-order valence-corrected chi connectivity index (χ0v) is 13.3. The summed E-state index contributed by atoms with van der Waals surface area (Å²) in [5.41, 5.74) is 1.34. The van der Waals surface area contributed by atoms with E-state index in [0.29, 0.717) is 12.0 Å². The summed E-state index contributed by atoms with van der Waals surface area (Å²) in [6, 6.07) is 8.93. The first-order chi connectivity index (χ1) is 10.3. The molecule has 3 rings (SSSR count). The first-order valence-corrected chi connectivity index (χ1v) is 8.45. The maximum absolute atomic E-state index is 5.84. The van der Waals surface area contributed by atoms with E-state index >= 15 is 0 Å². The number of hydrogen-bond donors (Lipinski definition) is 1. The highest BCUT2D eigenvalue weighted by molar-refractivity contribution is 5.37. The lowest BCUT2D eigenvalue weighted by molar-refractivity contribution is 0.163. The van der Waals surface area contributed by atoms with Crippen LogP contribution in [-0.2, 0) is 0 Å². The van der Waals surface area contributed by atoms with Crippen LogP contribution in [0.1, 0.15) is 38.3 Å². The number of para-hydroxylation sites is 1. The second-order valence-corrected chi connectivity index (χ2v) is 6.59. The zero-order chi connectivity index (χ0) is 14.7. The highest BCUT2D eigenvalue weighted by atomic mass is 16.5. The number of rotatable bonds is 4. The van der Waals surface area contributed by atoms with E-state index in [-0.39, 0.29) is 0 Å². The Balaban J connectivity index is 1.58. The molecule has 0 saturated carbocycles. The summed E-state index contributed by atoms with van der Waals surface area (Å²) in [4.78, 5) is 2.56. The molecule has 0 spiro atoms. The van der Waals surface area contributed by atoms with Gasteiger partial charge in [-0.1, -0.05) is 32.0 Å². The molecule has 1 N–H and O–H groups in total. The molecule has 21 heavy (non-hydrogen) atoms. The van der Waals surface area contributed by atoms with Gasteiger partial charge in [-0.2, -0.15) is 0 Å². The largest absolute Gasteiger partial charge is 0.493 e. The average molecular weight is 288 g/mol. The third kappa shape index (κ3) is 3.41. The van der Waals surface area contributed by atoms with Crippen LogP contribution in [0.2, 0.25) is 0 Å². The van der Waals surface area contributed by atoms with Crippen molar-refractivity contribution in [3.8, 4) is 5.75 Å². The fraction of sp³-hybridized carbons (Fsp3) is 0.667. The molecule has 0 radical (unpaired) electrons. The lowest BCUT2D eigenvalue weighted by Gasteiger charge is -2.35. The molecule has 2 atom stereocenters. The molecular weight excluding hydrogens is 260 g/mol. The van der Waals surface area contributed by atoms with Crippen LogP contribution in [-0.4, -0.2) is 37.7 Å². The molecule has 1 fully saturated rings. The average Bonchev–Trinajstić information content (AvgIpc) is 2.54. The first kappa shape index (κ1) is 14.9. The SMILES string of the molecule is CCN1CCC(CNC2c3ccccc3OCC2C)CC1. The highest BCUT2D eigenvalue weighted by Gasteiger charge is 2.28. The molecule has 1 saturated heterocycles. The van der Waals surface area contributed by atoms with Crippen LogP contribution in [0.4, 0.5) is 0 Å². The van der Waals surface area contributed by atoms with E-state index in [0.717, 1.165) is 24.8 Å². The molecule has 116 valence electrons. The van der Waals surface area contributed by atoms with Crippen LogP contribution in [0.25, 0.3) is 0 Å². The predicted molar refractivity (Wildman–Crippen MR) is 86.7 cm³/mol. The number of nitrogens with zero attached hydrogens (tertiary/aromatic N) is 1. The van der Waals surface area contributed by atoms with Crippen LogP contribution >= 0.6 is 0 Å². The molecule has 0 amide bonds. The van der Waals surface area contributed by atoms with Gasteiger partial charge in [0.05, 0.1) is 6.61 Å². The van der Waals surface area contributed by atoms with Crippen LogP contribution in [0.5, 0.6) is 5.75 Å². The van der Waals surface area contributed by atoms with Crippen molar-refractivity contribution in [2.75, 3.05) is 32.8 Å². The number of likely N-dealkylation sites (tertiary alicyclic amines) is 1. The van der Waals surface area contributed by atoms with E-state index in [2.05, 4.69) is 48.3 Å². The number of hydrogen-bond acceptors (Lipinski definition) is 3. The maximum Gasteiger partial charge on any atom is 0.124 e. The molecule has 2 unspecified atom stereocenters. The van der Waals surface area contributed by atoms with Crippen LogP contribution < -0.4 is 10.1 Å². The van der Waals surface area contributed by atoms with E-state index in [4.69, 9.17) is 4.74 Å².